The molecule has 1 aromatic carbocycles. The minimum Gasteiger partial charge on any atom is -0.497 e. The number of carbonyl (C=O) groups excluding carboxylic acids is 2. The Bertz CT molecular complexity index is 784. The van der Waals surface area contributed by atoms with Gasteiger partial charge in [0.2, 0.25) is 5.91 Å². The largest absolute Gasteiger partial charge is 0.497 e. The first-order valence-electron chi connectivity index (χ1n) is 9.52. The molecule has 1 saturated heterocycles. The van der Waals surface area contributed by atoms with Crippen molar-refractivity contribution in [3.8, 4) is 5.75 Å². The smallest absolute Gasteiger partial charge is 0.226 e. The molecule has 2 aliphatic rings. The Hall–Kier alpha value is -1.72. The van der Waals surface area contributed by atoms with Gasteiger partial charge in [-0.25, -0.2) is 0 Å². The maximum Gasteiger partial charge on any atom is 0.226 e. The van der Waals surface area contributed by atoms with E-state index in [1.807, 2.05) is 30.1 Å². The van der Waals surface area contributed by atoms with Gasteiger partial charge in [-0.05, 0) is 43.4 Å². The van der Waals surface area contributed by atoms with E-state index in [9.17, 15) is 9.59 Å². The summed E-state index contributed by atoms with van der Waals surface area (Å²) >= 11 is 12.7. The molecule has 152 valence electrons. The van der Waals surface area contributed by atoms with E-state index in [-0.39, 0.29) is 23.7 Å². The highest BCUT2D eigenvalue weighted by molar-refractivity contribution is 6.36. The molecule has 28 heavy (non-hydrogen) atoms. The number of amides is 1. The maximum absolute atomic E-state index is 13.1. The molecule has 0 aromatic heterocycles. The molecule has 0 N–H and O–H groups in total. The van der Waals surface area contributed by atoms with Gasteiger partial charge in [-0.1, -0.05) is 23.2 Å². The summed E-state index contributed by atoms with van der Waals surface area (Å²) in [4.78, 5) is 29.1. The third-order valence-electron chi connectivity index (χ3n) is 5.52. The van der Waals surface area contributed by atoms with Crippen LogP contribution in [0.4, 0.5) is 0 Å². The fourth-order valence-electron chi connectivity index (χ4n) is 4.08. The van der Waals surface area contributed by atoms with Gasteiger partial charge < -0.3 is 14.5 Å². The minimum absolute atomic E-state index is 0.0863. The van der Waals surface area contributed by atoms with Gasteiger partial charge in [-0.3, -0.25) is 9.59 Å². The zero-order valence-electron chi connectivity index (χ0n) is 16.5. The lowest BCUT2D eigenvalue weighted by atomic mass is 9.89. The second kappa shape index (κ2) is 8.75. The molecule has 7 heteroatoms. The molecule has 2 atom stereocenters. The van der Waals surface area contributed by atoms with E-state index in [0.29, 0.717) is 41.6 Å². The van der Waals surface area contributed by atoms with Crippen molar-refractivity contribution in [2.75, 3.05) is 27.7 Å². The number of hydrogen-bond acceptors (Lipinski definition) is 4. The molecule has 0 spiro atoms. The van der Waals surface area contributed by atoms with Crippen LogP contribution in [-0.2, 0) is 16.0 Å². The van der Waals surface area contributed by atoms with Crippen molar-refractivity contribution in [1.29, 1.82) is 0 Å². The number of benzene rings is 1. The van der Waals surface area contributed by atoms with E-state index < -0.39 is 0 Å². The van der Waals surface area contributed by atoms with Crippen LogP contribution in [0.3, 0.4) is 0 Å². The van der Waals surface area contributed by atoms with Gasteiger partial charge in [-0.15, -0.1) is 0 Å². The average molecular weight is 425 g/mol. The first-order valence-corrected chi connectivity index (χ1v) is 10.3. The third kappa shape index (κ3) is 4.47. The van der Waals surface area contributed by atoms with Crippen LogP contribution in [0.15, 0.2) is 23.9 Å². The fraction of sp³-hybridized carbons (Fsp3) is 0.524. The number of carbonyl (C=O) groups is 2. The summed E-state index contributed by atoms with van der Waals surface area (Å²) in [5, 5.41) is 1.05. The molecular formula is C21H26Cl2N2O3. The molecule has 2 fully saturated rings. The lowest BCUT2D eigenvalue weighted by Crippen LogP contribution is -2.41. The van der Waals surface area contributed by atoms with Gasteiger partial charge in [0, 0.05) is 60.8 Å². The Kier molecular flexibility index (Phi) is 6.56. The van der Waals surface area contributed by atoms with Crippen molar-refractivity contribution in [1.82, 2.24) is 9.80 Å². The normalized spacial score (nSPS) is 24.2. The second-order valence-corrected chi connectivity index (χ2v) is 8.54. The van der Waals surface area contributed by atoms with Crippen molar-refractivity contribution in [2.45, 2.75) is 38.1 Å². The molecule has 0 bridgehead atoms. The molecule has 1 aliphatic heterocycles. The topological polar surface area (TPSA) is 49.9 Å². The van der Waals surface area contributed by atoms with Gasteiger partial charge in [0.25, 0.3) is 0 Å². The van der Waals surface area contributed by atoms with Crippen molar-refractivity contribution in [3.05, 3.63) is 39.5 Å². The second-order valence-electron chi connectivity index (χ2n) is 7.73. The van der Waals surface area contributed by atoms with Crippen LogP contribution in [0.25, 0.3) is 0 Å². The lowest BCUT2D eigenvalue weighted by molar-refractivity contribution is -0.134. The third-order valence-corrected chi connectivity index (χ3v) is 6.20. The van der Waals surface area contributed by atoms with Crippen LogP contribution in [0, 0.1) is 5.92 Å². The summed E-state index contributed by atoms with van der Waals surface area (Å²) in [6.45, 7) is 0.711. The standard InChI is InChI=1S/C21H26Cl2N2O3/c1-24(2)12-14-8-15(4-5-20(14)26)25-7-6-13(21(25)27)9-17-18(22)10-16(28-3)11-19(17)23/h10-13,15H,4-9H2,1-3H3. The van der Waals surface area contributed by atoms with Crippen LogP contribution >= 0.6 is 23.2 Å². The number of hydrogen-bond donors (Lipinski definition) is 0. The van der Waals surface area contributed by atoms with E-state index in [4.69, 9.17) is 27.9 Å². The van der Waals surface area contributed by atoms with E-state index in [1.54, 1.807) is 19.2 Å². The summed E-state index contributed by atoms with van der Waals surface area (Å²) in [5.74, 6) is 0.781. The Balaban J connectivity index is 1.71. The summed E-state index contributed by atoms with van der Waals surface area (Å²) in [7, 11) is 5.38. The Morgan fingerprint density at radius 3 is 2.50 bits per heavy atom. The Labute approximate surface area is 176 Å². The molecule has 2 unspecified atom stereocenters. The number of halogens is 2. The number of methoxy groups -OCH3 is 1. The van der Waals surface area contributed by atoms with Gasteiger partial charge in [0.1, 0.15) is 5.75 Å². The van der Waals surface area contributed by atoms with Gasteiger partial charge in [0.05, 0.1) is 7.11 Å². The van der Waals surface area contributed by atoms with Crippen molar-refractivity contribution < 1.29 is 14.3 Å². The van der Waals surface area contributed by atoms with E-state index in [0.717, 1.165) is 24.0 Å². The molecule has 3 rings (SSSR count). The lowest BCUT2D eigenvalue weighted by Gasteiger charge is -2.32. The summed E-state index contributed by atoms with van der Waals surface area (Å²) in [6, 6.07) is 3.54. The van der Waals surface area contributed by atoms with Crippen molar-refractivity contribution >= 4 is 34.9 Å². The van der Waals surface area contributed by atoms with E-state index in [1.165, 1.54) is 0 Å². The van der Waals surface area contributed by atoms with Crippen LogP contribution < -0.4 is 4.74 Å². The van der Waals surface area contributed by atoms with Crippen LogP contribution in [0.1, 0.15) is 31.2 Å². The SMILES string of the molecule is COc1cc(Cl)c(CC2CCN(C3CCC(=O)C(=CN(C)C)C3)C2=O)c(Cl)c1. The van der Waals surface area contributed by atoms with Gasteiger partial charge >= 0.3 is 0 Å². The first kappa shape index (κ1) is 21.0. The van der Waals surface area contributed by atoms with E-state index >= 15 is 0 Å². The zero-order chi connectivity index (χ0) is 20.4. The average Bonchev–Trinajstić information content (AvgIpc) is 3.00. The molecule has 1 heterocycles. The highest BCUT2D eigenvalue weighted by Crippen LogP contribution is 2.36. The quantitative estimate of drug-likeness (QED) is 0.671. The number of Topliss-reactive ketones (excluding diaryl/α,β-unsaturated/α-hetero) is 1. The predicted molar refractivity (Wildman–Crippen MR) is 111 cm³/mol. The molecule has 1 aliphatic carbocycles. The number of likely N-dealkylation sites (tertiary alicyclic amines) is 1. The van der Waals surface area contributed by atoms with Crippen LogP contribution in [0.5, 0.6) is 5.75 Å². The van der Waals surface area contributed by atoms with Crippen LogP contribution in [-0.4, -0.2) is 55.3 Å². The number of ether oxygens (including phenoxy) is 1. The highest BCUT2D eigenvalue weighted by atomic mass is 35.5. The summed E-state index contributed by atoms with van der Waals surface area (Å²) in [6.07, 6.45) is 5.02. The molecule has 1 aromatic rings. The fourth-order valence-corrected chi connectivity index (χ4v) is 4.71. The summed E-state index contributed by atoms with van der Waals surface area (Å²) in [5.41, 5.74) is 1.59. The zero-order valence-corrected chi connectivity index (χ0v) is 18.0. The molecule has 5 nitrogen and oxygen atoms in total. The Morgan fingerprint density at radius 2 is 1.89 bits per heavy atom. The molecular weight excluding hydrogens is 399 g/mol. The van der Waals surface area contributed by atoms with Crippen LogP contribution in [0.2, 0.25) is 10.0 Å². The minimum atomic E-state index is -0.137. The predicted octanol–water partition coefficient (Wildman–Crippen LogP) is 3.96. The number of rotatable bonds is 5. The number of nitrogens with zero attached hydrogens (tertiary/aromatic N) is 2. The van der Waals surface area contributed by atoms with E-state index in [2.05, 4.69) is 0 Å². The van der Waals surface area contributed by atoms with Gasteiger partial charge in [-0.2, -0.15) is 0 Å². The monoisotopic (exact) mass is 424 g/mol. The highest BCUT2D eigenvalue weighted by Gasteiger charge is 2.38. The molecule has 0 radical (unpaired) electrons. The van der Waals surface area contributed by atoms with Crippen molar-refractivity contribution in [3.63, 3.8) is 0 Å². The van der Waals surface area contributed by atoms with Gasteiger partial charge in [0.15, 0.2) is 5.78 Å². The first-order chi connectivity index (χ1) is 13.3. The number of ketones is 1. The maximum atomic E-state index is 13.1. The Morgan fingerprint density at radius 1 is 1.21 bits per heavy atom. The molecule has 1 saturated carbocycles. The van der Waals surface area contributed by atoms with Crippen molar-refractivity contribution in [2.24, 2.45) is 5.92 Å². The molecule has 1 amide bonds. The summed E-state index contributed by atoms with van der Waals surface area (Å²) < 4.78 is 5.18.